The maximum atomic E-state index is 12.8. The van der Waals surface area contributed by atoms with E-state index in [-0.39, 0.29) is 10.7 Å². The highest BCUT2D eigenvalue weighted by Crippen LogP contribution is 2.39. The highest BCUT2D eigenvalue weighted by Gasteiger charge is 2.24. The van der Waals surface area contributed by atoms with Crippen LogP contribution in [0, 0.1) is 0 Å². The average molecular weight is 378 g/mol. The molecule has 0 radical (unpaired) electrons. The zero-order chi connectivity index (χ0) is 17.4. The molecule has 1 aliphatic heterocycles. The lowest BCUT2D eigenvalue weighted by Gasteiger charge is -2.21. The van der Waals surface area contributed by atoms with Gasteiger partial charge in [-0.15, -0.1) is 0 Å². The summed E-state index contributed by atoms with van der Waals surface area (Å²) >= 11 is 6.21. The number of hydrogen-bond donors (Lipinski definition) is 1. The molecule has 0 aromatic heterocycles. The molecular weight excluding hydrogens is 362 g/mol. The highest BCUT2D eigenvalue weighted by atomic mass is 35.5. The number of hydrogen-bond acceptors (Lipinski definition) is 4. The minimum Gasteiger partial charge on any atom is -0.486 e. The van der Waals surface area contributed by atoms with E-state index in [1.54, 1.807) is 18.2 Å². The number of benzene rings is 2. The van der Waals surface area contributed by atoms with Crippen molar-refractivity contribution < 1.29 is 17.9 Å². The first-order valence-corrected chi connectivity index (χ1v) is 9.79. The standard InChI is InChI=1S/C18H16ClNO4S/c19-15-10-17-18(24-8-7-23-17)11-16(15)20-25(21,22)14-6-5-12-3-1-2-4-13(12)9-14/h1-4,9-11,20H,5-8H2. The Morgan fingerprint density at radius 3 is 2.52 bits per heavy atom. The van der Waals surface area contributed by atoms with Crippen LogP contribution in [-0.4, -0.2) is 21.6 Å². The Bertz CT molecular complexity index is 969. The zero-order valence-electron chi connectivity index (χ0n) is 13.3. The molecule has 2 aromatic rings. The van der Waals surface area contributed by atoms with Crippen LogP contribution in [0.4, 0.5) is 5.69 Å². The number of ether oxygens (including phenoxy) is 2. The quantitative estimate of drug-likeness (QED) is 0.882. The molecule has 4 rings (SSSR count). The number of halogens is 1. The summed E-state index contributed by atoms with van der Waals surface area (Å²) in [5.74, 6) is 1.00. The van der Waals surface area contributed by atoms with Gasteiger partial charge in [-0.25, -0.2) is 8.42 Å². The monoisotopic (exact) mass is 377 g/mol. The van der Waals surface area contributed by atoms with Gasteiger partial charge >= 0.3 is 0 Å². The van der Waals surface area contributed by atoms with Crippen molar-refractivity contribution in [3.05, 3.63) is 57.5 Å². The van der Waals surface area contributed by atoms with Gasteiger partial charge in [0.1, 0.15) is 13.2 Å². The number of rotatable bonds is 3. The van der Waals surface area contributed by atoms with Crippen LogP contribution in [0.15, 0.2) is 41.3 Å². The van der Waals surface area contributed by atoms with E-state index in [1.165, 1.54) is 0 Å². The van der Waals surface area contributed by atoms with Crippen molar-refractivity contribution in [1.82, 2.24) is 0 Å². The summed E-state index contributed by atoms with van der Waals surface area (Å²) in [5, 5.41) is 0.268. The van der Waals surface area contributed by atoms with Crippen LogP contribution in [0.5, 0.6) is 11.5 Å². The lowest BCUT2D eigenvalue weighted by molar-refractivity contribution is 0.171. The Morgan fingerprint density at radius 1 is 1.00 bits per heavy atom. The molecule has 25 heavy (non-hydrogen) atoms. The van der Waals surface area contributed by atoms with Crippen molar-refractivity contribution in [3.63, 3.8) is 0 Å². The third kappa shape index (κ3) is 3.19. The van der Waals surface area contributed by atoms with Crippen molar-refractivity contribution >= 4 is 33.4 Å². The van der Waals surface area contributed by atoms with Crippen LogP contribution in [-0.2, 0) is 16.4 Å². The Balaban J connectivity index is 1.65. The molecule has 0 atom stereocenters. The molecule has 1 N–H and O–H groups in total. The van der Waals surface area contributed by atoms with Gasteiger partial charge in [0, 0.05) is 12.1 Å². The minimum atomic E-state index is -3.70. The Labute approximate surface area is 151 Å². The number of anilines is 1. The molecule has 1 aliphatic carbocycles. The van der Waals surface area contributed by atoms with Gasteiger partial charge in [0.05, 0.1) is 15.6 Å². The molecular formula is C18H16ClNO4S. The molecule has 0 unspecified atom stereocenters. The first-order chi connectivity index (χ1) is 12.0. The molecule has 0 spiro atoms. The van der Waals surface area contributed by atoms with Gasteiger partial charge in [-0.1, -0.05) is 35.9 Å². The lowest BCUT2D eigenvalue weighted by atomic mass is 9.98. The normalized spacial score (nSPS) is 16.0. The third-order valence-electron chi connectivity index (χ3n) is 4.23. The predicted molar refractivity (Wildman–Crippen MR) is 97.7 cm³/mol. The summed E-state index contributed by atoms with van der Waals surface area (Å²) < 4.78 is 39.1. The van der Waals surface area contributed by atoms with Crippen molar-refractivity contribution in [3.8, 4) is 11.5 Å². The van der Waals surface area contributed by atoms with Crippen LogP contribution >= 0.6 is 11.6 Å². The maximum absolute atomic E-state index is 12.8. The van der Waals surface area contributed by atoms with E-state index >= 15 is 0 Å². The Kier molecular flexibility index (Phi) is 4.09. The summed E-state index contributed by atoms with van der Waals surface area (Å²) in [7, 11) is -3.70. The molecule has 5 nitrogen and oxygen atoms in total. The fourth-order valence-corrected chi connectivity index (χ4v) is 4.47. The van der Waals surface area contributed by atoms with Gasteiger partial charge in [0.2, 0.25) is 0 Å². The van der Waals surface area contributed by atoms with E-state index < -0.39 is 10.0 Å². The smallest absolute Gasteiger partial charge is 0.258 e. The largest absolute Gasteiger partial charge is 0.486 e. The first kappa shape index (κ1) is 16.3. The highest BCUT2D eigenvalue weighted by molar-refractivity contribution is 7.96. The van der Waals surface area contributed by atoms with Crippen LogP contribution in [0.3, 0.4) is 0 Å². The van der Waals surface area contributed by atoms with E-state index in [0.717, 1.165) is 11.1 Å². The molecule has 130 valence electrons. The molecule has 0 amide bonds. The lowest BCUT2D eigenvalue weighted by Crippen LogP contribution is -2.19. The molecule has 0 fully saturated rings. The molecule has 0 bridgehead atoms. The van der Waals surface area contributed by atoms with Crippen molar-refractivity contribution in [2.75, 3.05) is 17.9 Å². The van der Waals surface area contributed by atoms with Crippen LogP contribution in [0.1, 0.15) is 17.5 Å². The number of fused-ring (bicyclic) bond motifs is 2. The Morgan fingerprint density at radius 2 is 1.72 bits per heavy atom. The van der Waals surface area contributed by atoms with Crippen LogP contribution in [0.25, 0.3) is 6.08 Å². The Hall–Kier alpha value is -2.18. The molecule has 0 saturated heterocycles. The number of allylic oxidation sites excluding steroid dienone is 1. The van der Waals surface area contributed by atoms with Crippen LogP contribution in [0.2, 0.25) is 5.02 Å². The second-order valence-electron chi connectivity index (χ2n) is 5.89. The van der Waals surface area contributed by atoms with E-state index in [1.807, 2.05) is 24.3 Å². The van der Waals surface area contributed by atoms with Gasteiger partial charge in [0.25, 0.3) is 10.0 Å². The summed E-state index contributed by atoms with van der Waals surface area (Å²) in [6.07, 6.45) is 2.86. The zero-order valence-corrected chi connectivity index (χ0v) is 14.9. The van der Waals surface area contributed by atoms with E-state index in [2.05, 4.69) is 4.72 Å². The van der Waals surface area contributed by atoms with Gasteiger partial charge in [-0.05, 0) is 30.0 Å². The topological polar surface area (TPSA) is 64.6 Å². The van der Waals surface area contributed by atoms with Gasteiger partial charge < -0.3 is 9.47 Å². The fraction of sp³-hybridized carbons (Fsp3) is 0.222. The molecule has 0 saturated carbocycles. The number of nitrogens with one attached hydrogen (secondary N) is 1. The number of sulfonamides is 1. The fourth-order valence-electron chi connectivity index (χ4n) is 2.97. The van der Waals surface area contributed by atoms with Crippen molar-refractivity contribution in [1.29, 1.82) is 0 Å². The van der Waals surface area contributed by atoms with Crippen LogP contribution < -0.4 is 14.2 Å². The second-order valence-corrected chi connectivity index (χ2v) is 8.03. The van der Waals surface area contributed by atoms with Crippen molar-refractivity contribution in [2.24, 2.45) is 0 Å². The second kappa shape index (κ2) is 6.28. The predicted octanol–water partition coefficient (Wildman–Crippen LogP) is 3.84. The van der Waals surface area contributed by atoms with Crippen molar-refractivity contribution in [2.45, 2.75) is 12.8 Å². The molecule has 2 aliphatic rings. The van der Waals surface area contributed by atoms with E-state index in [0.29, 0.717) is 42.5 Å². The van der Waals surface area contributed by atoms with Gasteiger partial charge in [0.15, 0.2) is 11.5 Å². The van der Waals surface area contributed by atoms with E-state index in [9.17, 15) is 8.42 Å². The number of aryl methyl sites for hydroxylation is 1. The molecule has 7 heteroatoms. The third-order valence-corrected chi connectivity index (χ3v) is 6.05. The summed E-state index contributed by atoms with van der Waals surface area (Å²) in [6.45, 7) is 0.865. The molecule has 2 aromatic carbocycles. The molecule has 1 heterocycles. The summed E-state index contributed by atoms with van der Waals surface area (Å²) in [5.41, 5.74) is 2.37. The SMILES string of the molecule is O=S(=O)(Nc1cc2c(cc1Cl)OCCO2)C1=Cc2ccccc2CC1. The minimum absolute atomic E-state index is 0.268. The van der Waals surface area contributed by atoms with Gasteiger partial charge in [-0.3, -0.25) is 4.72 Å². The summed E-state index contributed by atoms with van der Waals surface area (Å²) in [6, 6.07) is 10.9. The van der Waals surface area contributed by atoms with E-state index in [4.69, 9.17) is 21.1 Å². The van der Waals surface area contributed by atoms with Gasteiger partial charge in [-0.2, -0.15) is 0 Å². The first-order valence-electron chi connectivity index (χ1n) is 7.93. The average Bonchev–Trinajstić information content (AvgIpc) is 2.62. The maximum Gasteiger partial charge on any atom is 0.258 e. The summed E-state index contributed by atoms with van der Waals surface area (Å²) in [4.78, 5) is 0.345.